The van der Waals surface area contributed by atoms with Gasteiger partial charge in [0.2, 0.25) is 19.3 Å². The highest BCUT2D eigenvalue weighted by atomic mass is 79.9. The fourth-order valence-corrected chi connectivity index (χ4v) is 1.94. The molecule has 0 amide bonds. The van der Waals surface area contributed by atoms with Gasteiger partial charge in [0.25, 0.3) is 0 Å². The normalized spacial score (nSPS) is 11.7. The fourth-order valence-electron chi connectivity index (χ4n) is 1.94. The molecule has 0 spiro atoms. The van der Waals surface area contributed by atoms with Crippen LogP contribution in [0.3, 0.4) is 0 Å². The van der Waals surface area contributed by atoms with E-state index in [0.717, 1.165) is 6.67 Å². The van der Waals surface area contributed by atoms with E-state index < -0.39 is 0 Å². The van der Waals surface area contributed by atoms with Gasteiger partial charge in [-0.3, -0.25) is 0 Å². The van der Waals surface area contributed by atoms with E-state index in [9.17, 15) is 0 Å². The Bertz CT molecular complexity index is 508. The standard InChI is InChI=1S/C15H26N4.2BrH/c1-14(2,3)18-9-7-16(12-18)11-17-8-10-19(13-17)15(4,5)6;;/h7-10,12-13H,11H2,1-6H3;2*1H/q+2;;/p-2. The summed E-state index contributed by atoms with van der Waals surface area (Å²) in [5.41, 5.74) is 0.264. The van der Waals surface area contributed by atoms with Gasteiger partial charge in [0.1, 0.15) is 35.9 Å². The van der Waals surface area contributed by atoms with Gasteiger partial charge in [0, 0.05) is 0 Å². The maximum absolute atomic E-state index is 2.23. The minimum Gasteiger partial charge on any atom is -1.00 e. The minimum absolute atomic E-state index is 0. The molecule has 21 heavy (non-hydrogen) atoms. The summed E-state index contributed by atoms with van der Waals surface area (Å²) < 4.78 is 8.85. The summed E-state index contributed by atoms with van der Waals surface area (Å²) in [4.78, 5) is 0. The molecule has 4 nitrogen and oxygen atoms in total. The van der Waals surface area contributed by atoms with Gasteiger partial charge >= 0.3 is 0 Å². The van der Waals surface area contributed by atoms with Crippen LogP contribution in [0.1, 0.15) is 41.5 Å². The average molecular weight is 422 g/mol. The Morgan fingerprint density at radius 3 is 1.29 bits per heavy atom. The quantitative estimate of drug-likeness (QED) is 0.438. The van der Waals surface area contributed by atoms with Gasteiger partial charge in [-0.1, -0.05) is 0 Å². The number of hydrogen-bond donors (Lipinski definition) is 0. The Balaban J connectivity index is 0.00000200. The minimum atomic E-state index is 0. The van der Waals surface area contributed by atoms with Crippen LogP contribution < -0.4 is 43.1 Å². The first kappa shape index (κ1) is 20.4. The molecule has 0 fully saturated rings. The number of aromatic nitrogens is 4. The second-order valence-corrected chi connectivity index (χ2v) is 7.15. The lowest BCUT2D eigenvalue weighted by molar-refractivity contribution is -0.912. The Morgan fingerprint density at radius 2 is 1.05 bits per heavy atom. The topological polar surface area (TPSA) is 17.6 Å². The molecule has 0 atom stereocenters. The van der Waals surface area contributed by atoms with Crippen molar-refractivity contribution in [3.8, 4) is 0 Å². The Kier molecular flexibility index (Phi) is 6.88. The molecule has 0 aliphatic rings. The van der Waals surface area contributed by atoms with Crippen LogP contribution in [0, 0.1) is 0 Å². The molecule has 0 aliphatic carbocycles. The van der Waals surface area contributed by atoms with E-state index in [4.69, 9.17) is 0 Å². The first-order valence-electron chi connectivity index (χ1n) is 6.81. The van der Waals surface area contributed by atoms with Gasteiger partial charge in [0.15, 0.2) is 0 Å². The smallest absolute Gasteiger partial charge is 0.247 e. The Labute approximate surface area is 148 Å². The van der Waals surface area contributed by atoms with Crippen LogP contribution >= 0.6 is 0 Å². The second kappa shape index (κ2) is 7.09. The van der Waals surface area contributed by atoms with Gasteiger partial charge in [-0.05, 0) is 41.5 Å². The van der Waals surface area contributed by atoms with Crippen molar-refractivity contribution in [2.45, 2.75) is 59.3 Å². The van der Waals surface area contributed by atoms with Crippen molar-refractivity contribution < 1.29 is 43.1 Å². The third-order valence-corrected chi connectivity index (χ3v) is 3.26. The maximum Gasteiger partial charge on any atom is 0.247 e. The van der Waals surface area contributed by atoms with Crippen molar-refractivity contribution in [1.82, 2.24) is 9.13 Å². The van der Waals surface area contributed by atoms with Crippen molar-refractivity contribution in [3.05, 3.63) is 37.4 Å². The summed E-state index contributed by atoms with van der Waals surface area (Å²) >= 11 is 0. The fraction of sp³-hybridized carbons (Fsp3) is 0.600. The van der Waals surface area contributed by atoms with E-state index in [1.807, 2.05) is 0 Å². The molecular formula is C15H26Br2N4. The highest BCUT2D eigenvalue weighted by molar-refractivity contribution is 4.79. The van der Waals surface area contributed by atoms with E-state index in [1.54, 1.807) is 0 Å². The molecule has 2 aromatic heterocycles. The molecule has 0 aromatic carbocycles. The molecule has 0 bridgehead atoms. The van der Waals surface area contributed by atoms with Crippen molar-refractivity contribution in [2.24, 2.45) is 0 Å². The third-order valence-electron chi connectivity index (χ3n) is 3.26. The number of halogens is 2. The van der Waals surface area contributed by atoms with E-state index in [-0.39, 0.29) is 45.0 Å². The van der Waals surface area contributed by atoms with Crippen LogP contribution in [0.4, 0.5) is 0 Å². The van der Waals surface area contributed by atoms with E-state index >= 15 is 0 Å². The Morgan fingerprint density at radius 1 is 0.714 bits per heavy atom. The number of rotatable bonds is 2. The molecular weight excluding hydrogens is 396 g/mol. The summed E-state index contributed by atoms with van der Waals surface area (Å²) in [6.45, 7) is 14.1. The van der Waals surface area contributed by atoms with Crippen molar-refractivity contribution >= 4 is 0 Å². The van der Waals surface area contributed by atoms with Crippen LogP contribution in [0.15, 0.2) is 37.4 Å². The van der Waals surface area contributed by atoms with Gasteiger partial charge in [-0.15, -0.1) is 0 Å². The lowest BCUT2D eigenvalue weighted by atomic mass is 10.1. The molecule has 6 heteroatoms. The summed E-state index contributed by atoms with van der Waals surface area (Å²) in [7, 11) is 0. The molecule has 0 saturated heterocycles. The van der Waals surface area contributed by atoms with Gasteiger partial charge in [-0.25, -0.2) is 9.13 Å². The third kappa shape index (κ3) is 5.25. The van der Waals surface area contributed by atoms with Crippen LogP contribution in [-0.2, 0) is 17.7 Å². The van der Waals surface area contributed by atoms with Crippen LogP contribution in [-0.4, -0.2) is 9.13 Å². The van der Waals surface area contributed by atoms with Crippen molar-refractivity contribution in [3.63, 3.8) is 0 Å². The largest absolute Gasteiger partial charge is 1.00 e. The molecule has 0 aliphatic heterocycles. The zero-order valence-electron chi connectivity index (χ0n) is 13.7. The van der Waals surface area contributed by atoms with E-state index in [1.165, 1.54) is 0 Å². The summed E-state index contributed by atoms with van der Waals surface area (Å²) in [6, 6.07) is 0. The van der Waals surface area contributed by atoms with Gasteiger partial charge < -0.3 is 34.0 Å². The number of hydrogen-bond acceptors (Lipinski definition) is 0. The first-order valence-corrected chi connectivity index (χ1v) is 6.81. The van der Waals surface area contributed by atoms with Crippen molar-refractivity contribution in [1.29, 1.82) is 0 Å². The summed E-state index contributed by atoms with van der Waals surface area (Å²) in [5, 5.41) is 0. The lowest BCUT2D eigenvalue weighted by Crippen LogP contribution is -3.00. The Hall–Kier alpha value is -0.620. The molecule has 2 aromatic rings. The molecule has 0 saturated carbocycles. The molecule has 0 radical (unpaired) electrons. The second-order valence-electron chi connectivity index (χ2n) is 7.15. The van der Waals surface area contributed by atoms with Gasteiger partial charge in [-0.2, -0.15) is 9.13 Å². The zero-order chi connectivity index (χ0) is 14.3. The lowest BCUT2D eigenvalue weighted by Gasteiger charge is -2.13. The first-order chi connectivity index (χ1) is 8.66. The number of nitrogens with zero attached hydrogens (tertiary/aromatic N) is 4. The molecule has 0 unspecified atom stereocenters. The molecule has 2 heterocycles. The number of imidazole rings is 2. The maximum atomic E-state index is 2.23. The van der Waals surface area contributed by atoms with E-state index in [0.29, 0.717) is 0 Å². The monoisotopic (exact) mass is 420 g/mol. The molecule has 2 rings (SSSR count). The average Bonchev–Trinajstić information content (AvgIpc) is 2.84. The predicted molar refractivity (Wildman–Crippen MR) is 74.6 cm³/mol. The zero-order valence-corrected chi connectivity index (χ0v) is 16.9. The SMILES string of the molecule is CC(C)(C)n1cc[n+](C[n+]2ccn(C(C)(C)C)c2)c1.[Br-].[Br-]. The van der Waals surface area contributed by atoms with E-state index in [2.05, 4.69) is 97.3 Å². The molecule has 0 N–H and O–H groups in total. The summed E-state index contributed by atoms with van der Waals surface area (Å²) in [6.07, 6.45) is 12.8. The molecule has 120 valence electrons. The highest BCUT2D eigenvalue weighted by Gasteiger charge is 2.21. The van der Waals surface area contributed by atoms with Crippen LogP contribution in [0.25, 0.3) is 0 Å². The van der Waals surface area contributed by atoms with Crippen LogP contribution in [0.5, 0.6) is 0 Å². The van der Waals surface area contributed by atoms with Gasteiger partial charge in [0.05, 0.1) is 0 Å². The predicted octanol–water partition coefficient (Wildman–Crippen LogP) is -4.11. The van der Waals surface area contributed by atoms with Crippen LogP contribution in [0.2, 0.25) is 0 Å². The highest BCUT2D eigenvalue weighted by Crippen LogP contribution is 2.12. The summed E-state index contributed by atoms with van der Waals surface area (Å²) in [5.74, 6) is 0. The van der Waals surface area contributed by atoms with Crippen molar-refractivity contribution in [2.75, 3.05) is 0 Å².